The van der Waals surface area contributed by atoms with Crippen molar-refractivity contribution in [3.63, 3.8) is 0 Å². The Morgan fingerprint density at radius 2 is 1.52 bits per heavy atom. The lowest BCUT2D eigenvalue weighted by molar-refractivity contribution is 0.103. The highest BCUT2D eigenvalue weighted by Crippen LogP contribution is 2.27. The van der Waals surface area contributed by atoms with Crippen molar-refractivity contribution in [1.29, 1.82) is 0 Å². The van der Waals surface area contributed by atoms with E-state index in [0.717, 1.165) is 11.1 Å². The number of aromatic nitrogens is 1. The molecule has 0 aliphatic carbocycles. The van der Waals surface area contributed by atoms with Crippen molar-refractivity contribution in [1.82, 2.24) is 4.57 Å². The van der Waals surface area contributed by atoms with Crippen molar-refractivity contribution in [3.8, 4) is 11.1 Å². The molecule has 0 unspecified atom stereocenters. The highest BCUT2D eigenvalue weighted by molar-refractivity contribution is 6.12. The Hall–Kier alpha value is -2.87. The Labute approximate surface area is 124 Å². The zero-order valence-electron chi connectivity index (χ0n) is 11.6. The molecule has 0 bridgehead atoms. The second-order valence-electron chi connectivity index (χ2n) is 4.78. The number of ketones is 1. The molecule has 2 aromatic carbocycles. The lowest BCUT2D eigenvalue weighted by atomic mass is 9.98. The summed E-state index contributed by atoms with van der Waals surface area (Å²) in [4.78, 5) is 12.7. The minimum Gasteiger partial charge on any atom is -0.330 e. The van der Waals surface area contributed by atoms with E-state index in [-0.39, 0.29) is 5.78 Å². The summed E-state index contributed by atoms with van der Waals surface area (Å²) >= 11 is 0. The van der Waals surface area contributed by atoms with Gasteiger partial charge in [0.15, 0.2) is 5.78 Å². The van der Waals surface area contributed by atoms with E-state index in [2.05, 4.69) is 6.58 Å². The van der Waals surface area contributed by atoms with Crippen LogP contribution in [0.4, 0.5) is 0 Å². The average Bonchev–Trinajstić information content (AvgIpc) is 3.00. The Kier molecular flexibility index (Phi) is 3.52. The van der Waals surface area contributed by atoms with Gasteiger partial charge in [-0.1, -0.05) is 67.2 Å². The molecule has 0 N–H and O–H groups in total. The summed E-state index contributed by atoms with van der Waals surface area (Å²) in [5, 5.41) is 0. The molecule has 0 aliphatic rings. The number of carbonyl (C=O) groups excluding carboxylic acids is 1. The predicted octanol–water partition coefficient (Wildman–Crippen LogP) is 4.49. The van der Waals surface area contributed by atoms with Gasteiger partial charge in [-0.3, -0.25) is 4.79 Å². The fraction of sp³-hybridized carbons (Fsp3) is 0. The van der Waals surface area contributed by atoms with Gasteiger partial charge in [-0.25, -0.2) is 0 Å². The highest BCUT2D eigenvalue weighted by atomic mass is 16.1. The molecule has 0 amide bonds. The average molecular weight is 273 g/mol. The van der Waals surface area contributed by atoms with Crippen LogP contribution in [-0.2, 0) is 0 Å². The van der Waals surface area contributed by atoms with Gasteiger partial charge in [0.1, 0.15) is 0 Å². The van der Waals surface area contributed by atoms with Crippen molar-refractivity contribution in [2.75, 3.05) is 0 Å². The predicted molar refractivity (Wildman–Crippen MR) is 86.1 cm³/mol. The van der Waals surface area contributed by atoms with Crippen LogP contribution in [0.25, 0.3) is 17.3 Å². The molecular weight excluding hydrogens is 258 g/mol. The molecule has 1 heterocycles. The molecule has 0 radical (unpaired) electrons. The minimum absolute atomic E-state index is 0.0232. The van der Waals surface area contributed by atoms with Crippen LogP contribution < -0.4 is 0 Å². The Bertz CT molecular complexity index is 770. The van der Waals surface area contributed by atoms with Crippen LogP contribution in [0.1, 0.15) is 15.9 Å². The van der Waals surface area contributed by atoms with Crippen LogP contribution in [0.3, 0.4) is 0 Å². The largest absolute Gasteiger partial charge is 0.330 e. The molecule has 0 saturated heterocycles. The topological polar surface area (TPSA) is 22.0 Å². The maximum Gasteiger partial charge on any atom is 0.195 e. The van der Waals surface area contributed by atoms with Gasteiger partial charge in [0.25, 0.3) is 0 Å². The van der Waals surface area contributed by atoms with Gasteiger partial charge in [0.05, 0.1) is 0 Å². The van der Waals surface area contributed by atoms with Gasteiger partial charge in [0.2, 0.25) is 0 Å². The lowest BCUT2D eigenvalue weighted by Crippen LogP contribution is -2.01. The number of hydrogen-bond donors (Lipinski definition) is 0. The molecule has 0 aliphatic heterocycles. The zero-order chi connectivity index (χ0) is 14.7. The van der Waals surface area contributed by atoms with Gasteiger partial charge < -0.3 is 4.57 Å². The summed E-state index contributed by atoms with van der Waals surface area (Å²) < 4.78 is 1.82. The number of carbonyl (C=O) groups is 1. The quantitative estimate of drug-likeness (QED) is 0.642. The molecule has 102 valence electrons. The molecule has 0 fully saturated rings. The zero-order valence-corrected chi connectivity index (χ0v) is 11.6. The van der Waals surface area contributed by atoms with Crippen LogP contribution in [0.2, 0.25) is 0 Å². The smallest absolute Gasteiger partial charge is 0.195 e. The molecule has 3 rings (SSSR count). The fourth-order valence-corrected chi connectivity index (χ4v) is 2.35. The summed E-state index contributed by atoms with van der Waals surface area (Å²) in [6, 6.07) is 19.2. The van der Waals surface area contributed by atoms with E-state index >= 15 is 0 Å². The van der Waals surface area contributed by atoms with E-state index in [1.54, 1.807) is 6.20 Å². The van der Waals surface area contributed by atoms with Gasteiger partial charge in [-0.05, 0) is 5.56 Å². The molecule has 2 nitrogen and oxygen atoms in total. The normalized spacial score (nSPS) is 10.3. The lowest BCUT2D eigenvalue weighted by Gasteiger charge is -2.03. The summed E-state index contributed by atoms with van der Waals surface area (Å²) in [6.45, 7) is 3.76. The van der Waals surface area contributed by atoms with Crippen LogP contribution in [0.15, 0.2) is 79.6 Å². The van der Waals surface area contributed by atoms with E-state index in [1.807, 2.05) is 77.6 Å². The first kappa shape index (κ1) is 13.1. The second-order valence-corrected chi connectivity index (χ2v) is 4.78. The van der Waals surface area contributed by atoms with Crippen LogP contribution >= 0.6 is 0 Å². The monoisotopic (exact) mass is 273 g/mol. The van der Waals surface area contributed by atoms with Crippen LogP contribution in [-0.4, -0.2) is 10.4 Å². The molecule has 0 saturated carbocycles. The van der Waals surface area contributed by atoms with Gasteiger partial charge in [-0.15, -0.1) is 0 Å². The SMILES string of the molecule is C=Cn1cc(C(=O)c2ccccc2)c(-c2ccccc2)c1. The van der Waals surface area contributed by atoms with E-state index in [0.29, 0.717) is 11.1 Å². The molecule has 0 atom stereocenters. The van der Waals surface area contributed by atoms with Crippen LogP contribution in [0.5, 0.6) is 0 Å². The maximum absolute atomic E-state index is 12.7. The molecule has 2 heteroatoms. The van der Waals surface area contributed by atoms with Crippen molar-refractivity contribution in [2.45, 2.75) is 0 Å². The van der Waals surface area contributed by atoms with E-state index in [1.165, 1.54) is 0 Å². The summed E-state index contributed by atoms with van der Waals surface area (Å²) in [5.41, 5.74) is 3.32. The maximum atomic E-state index is 12.7. The van der Waals surface area contributed by atoms with E-state index < -0.39 is 0 Å². The Balaban J connectivity index is 2.12. The third-order valence-electron chi connectivity index (χ3n) is 3.42. The molecule has 3 aromatic rings. The molecular formula is C19H15NO. The van der Waals surface area contributed by atoms with Gasteiger partial charge in [0, 0.05) is 35.3 Å². The molecule has 1 aromatic heterocycles. The van der Waals surface area contributed by atoms with Crippen molar-refractivity contribution in [2.24, 2.45) is 0 Å². The number of rotatable bonds is 4. The second kappa shape index (κ2) is 5.63. The number of benzene rings is 2. The third-order valence-corrected chi connectivity index (χ3v) is 3.42. The number of hydrogen-bond acceptors (Lipinski definition) is 1. The molecule has 21 heavy (non-hydrogen) atoms. The first-order valence-corrected chi connectivity index (χ1v) is 6.79. The van der Waals surface area contributed by atoms with Crippen LogP contribution in [0, 0.1) is 0 Å². The van der Waals surface area contributed by atoms with Crippen molar-refractivity contribution >= 4 is 12.0 Å². The standard InChI is InChI=1S/C19H15NO/c1-2-20-13-17(15-9-5-3-6-10-15)18(14-20)19(21)16-11-7-4-8-12-16/h2-14H,1H2. The Morgan fingerprint density at radius 3 is 2.14 bits per heavy atom. The third kappa shape index (κ3) is 2.56. The number of nitrogens with zero attached hydrogens (tertiary/aromatic N) is 1. The molecule has 0 spiro atoms. The summed E-state index contributed by atoms with van der Waals surface area (Å²) in [5.74, 6) is 0.0232. The highest BCUT2D eigenvalue weighted by Gasteiger charge is 2.16. The summed E-state index contributed by atoms with van der Waals surface area (Å²) in [6.07, 6.45) is 5.44. The van der Waals surface area contributed by atoms with E-state index in [9.17, 15) is 4.79 Å². The van der Waals surface area contributed by atoms with Crippen molar-refractivity contribution < 1.29 is 4.79 Å². The summed E-state index contributed by atoms with van der Waals surface area (Å²) in [7, 11) is 0. The van der Waals surface area contributed by atoms with E-state index in [4.69, 9.17) is 0 Å². The van der Waals surface area contributed by atoms with Gasteiger partial charge >= 0.3 is 0 Å². The Morgan fingerprint density at radius 1 is 0.905 bits per heavy atom. The minimum atomic E-state index is 0.0232. The first-order chi connectivity index (χ1) is 10.3. The van der Waals surface area contributed by atoms with Gasteiger partial charge in [-0.2, -0.15) is 0 Å². The first-order valence-electron chi connectivity index (χ1n) is 6.79. The fourth-order valence-electron chi connectivity index (χ4n) is 2.35. The van der Waals surface area contributed by atoms with Crippen molar-refractivity contribution in [3.05, 3.63) is 90.8 Å².